The van der Waals surface area contributed by atoms with Gasteiger partial charge in [0.1, 0.15) is 5.52 Å². The van der Waals surface area contributed by atoms with Crippen molar-refractivity contribution in [3.05, 3.63) is 65.5 Å². The molecule has 8 nitrogen and oxygen atoms in total. The number of amides is 4. The summed E-state index contributed by atoms with van der Waals surface area (Å²) >= 11 is 0. The molecule has 0 radical (unpaired) electrons. The average Bonchev–Trinajstić information content (AvgIpc) is 3.38. The molecule has 0 spiro atoms. The van der Waals surface area contributed by atoms with Gasteiger partial charge in [-0.15, -0.1) is 0 Å². The summed E-state index contributed by atoms with van der Waals surface area (Å²) in [5.74, 6) is 0.537. The zero-order valence-corrected chi connectivity index (χ0v) is 16.9. The third-order valence-corrected chi connectivity index (χ3v) is 5.96. The number of nitrogens with one attached hydrogen (secondary N) is 1. The van der Waals surface area contributed by atoms with Crippen LogP contribution >= 0.6 is 0 Å². The van der Waals surface area contributed by atoms with Crippen LogP contribution in [0.1, 0.15) is 40.6 Å². The minimum absolute atomic E-state index is 0.00170. The molecule has 2 aromatic carbocycles. The lowest BCUT2D eigenvalue weighted by atomic mass is 9.95. The molecular weight excluding hydrogens is 396 g/mol. The van der Waals surface area contributed by atoms with Gasteiger partial charge >= 0.3 is 6.03 Å². The smallest absolute Gasteiger partial charge is 0.324 e. The summed E-state index contributed by atoms with van der Waals surface area (Å²) in [6.07, 6.45) is 1.54. The molecule has 0 saturated carbocycles. The summed E-state index contributed by atoms with van der Waals surface area (Å²) in [5, 5.41) is 2.51. The molecule has 0 aliphatic carbocycles. The molecule has 2 aliphatic heterocycles. The monoisotopic (exact) mass is 418 g/mol. The fourth-order valence-corrected chi connectivity index (χ4v) is 4.22. The summed E-state index contributed by atoms with van der Waals surface area (Å²) in [5.41, 5.74) is 2.82. The Bertz CT molecular complexity index is 1110. The van der Waals surface area contributed by atoms with Crippen molar-refractivity contribution >= 4 is 28.9 Å². The molecule has 31 heavy (non-hydrogen) atoms. The third kappa shape index (κ3) is 3.65. The number of aromatic nitrogens is 1. The van der Waals surface area contributed by atoms with E-state index in [9.17, 15) is 14.4 Å². The molecular formula is C23H22N4O4. The number of para-hydroxylation sites is 2. The van der Waals surface area contributed by atoms with Crippen LogP contribution in [-0.2, 0) is 11.3 Å². The summed E-state index contributed by atoms with van der Waals surface area (Å²) in [6.45, 7) is 1.28. The van der Waals surface area contributed by atoms with Gasteiger partial charge in [-0.25, -0.2) is 9.78 Å². The van der Waals surface area contributed by atoms with Gasteiger partial charge in [0.25, 0.3) is 5.91 Å². The number of hydrogen-bond acceptors (Lipinski definition) is 5. The van der Waals surface area contributed by atoms with Crippen LogP contribution in [0.25, 0.3) is 11.1 Å². The van der Waals surface area contributed by atoms with E-state index in [1.807, 2.05) is 35.2 Å². The molecule has 0 atom stereocenters. The highest BCUT2D eigenvalue weighted by Crippen LogP contribution is 2.30. The van der Waals surface area contributed by atoms with Gasteiger partial charge in [0.05, 0.1) is 13.1 Å². The van der Waals surface area contributed by atoms with E-state index in [0.717, 1.165) is 34.7 Å². The lowest BCUT2D eigenvalue weighted by Gasteiger charge is -2.31. The number of carbonyl (C=O) groups excluding carboxylic acids is 3. The van der Waals surface area contributed by atoms with Crippen molar-refractivity contribution in [3.63, 3.8) is 0 Å². The van der Waals surface area contributed by atoms with Gasteiger partial charge in [-0.05, 0) is 36.6 Å². The van der Waals surface area contributed by atoms with Gasteiger partial charge in [-0.1, -0.05) is 30.3 Å². The van der Waals surface area contributed by atoms with Crippen LogP contribution in [0.3, 0.4) is 0 Å². The maximum absolute atomic E-state index is 13.2. The average molecular weight is 418 g/mol. The minimum atomic E-state index is -0.425. The number of urea groups is 1. The van der Waals surface area contributed by atoms with Crippen LogP contribution in [0.5, 0.6) is 0 Å². The topological polar surface area (TPSA) is 95.8 Å². The molecule has 5 rings (SSSR count). The normalized spacial score (nSPS) is 17.4. The van der Waals surface area contributed by atoms with E-state index in [1.165, 1.54) is 0 Å². The number of oxazole rings is 1. The van der Waals surface area contributed by atoms with Crippen LogP contribution in [0, 0.1) is 0 Å². The van der Waals surface area contributed by atoms with Gasteiger partial charge < -0.3 is 14.6 Å². The standard InChI is InChI=1S/C23H22N4O4/c28-20-13-24-23(30)27(20)14-16-5-1-2-6-17(16)22(29)26-11-9-15(10-12-26)21-25-18-7-3-4-8-19(18)31-21/h1-8,15H,9-14H2,(H,24,30). The molecule has 0 unspecified atom stereocenters. The summed E-state index contributed by atoms with van der Waals surface area (Å²) in [7, 11) is 0. The minimum Gasteiger partial charge on any atom is -0.440 e. The number of imide groups is 1. The maximum atomic E-state index is 13.2. The van der Waals surface area contributed by atoms with Crippen molar-refractivity contribution in [1.29, 1.82) is 0 Å². The molecule has 1 N–H and O–H groups in total. The summed E-state index contributed by atoms with van der Waals surface area (Å²) in [4.78, 5) is 44.6. The Hall–Kier alpha value is -3.68. The van der Waals surface area contributed by atoms with Gasteiger partial charge in [-0.2, -0.15) is 0 Å². The van der Waals surface area contributed by atoms with Crippen molar-refractivity contribution in [2.24, 2.45) is 0 Å². The fourth-order valence-electron chi connectivity index (χ4n) is 4.22. The van der Waals surface area contributed by atoms with E-state index in [-0.39, 0.29) is 30.8 Å². The zero-order chi connectivity index (χ0) is 21.4. The van der Waals surface area contributed by atoms with E-state index in [4.69, 9.17) is 4.42 Å². The summed E-state index contributed by atoms with van der Waals surface area (Å²) < 4.78 is 5.91. The second-order valence-corrected chi connectivity index (χ2v) is 7.88. The number of hydrogen-bond donors (Lipinski definition) is 1. The number of likely N-dealkylation sites (tertiary alicyclic amines) is 1. The van der Waals surface area contributed by atoms with Crippen molar-refractivity contribution in [3.8, 4) is 0 Å². The number of fused-ring (bicyclic) bond motifs is 1. The van der Waals surface area contributed by atoms with Crippen molar-refractivity contribution in [2.45, 2.75) is 25.3 Å². The Labute approximate surface area is 178 Å². The first-order valence-electron chi connectivity index (χ1n) is 10.4. The molecule has 3 aromatic rings. The van der Waals surface area contributed by atoms with Gasteiger partial charge in [0.15, 0.2) is 11.5 Å². The van der Waals surface area contributed by atoms with Crippen LogP contribution < -0.4 is 5.32 Å². The number of nitrogens with zero attached hydrogens (tertiary/aromatic N) is 3. The highest BCUT2D eigenvalue weighted by molar-refractivity contribution is 6.02. The maximum Gasteiger partial charge on any atom is 0.324 e. The zero-order valence-electron chi connectivity index (χ0n) is 16.9. The van der Waals surface area contributed by atoms with E-state index < -0.39 is 6.03 Å². The largest absolute Gasteiger partial charge is 0.440 e. The molecule has 2 saturated heterocycles. The van der Waals surface area contributed by atoms with E-state index in [1.54, 1.807) is 18.2 Å². The van der Waals surface area contributed by atoms with E-state index >= 15 is 0 Å². The van der Waals surface area contributed by atoms with E-state index in [0.29, 0.717) is 24.2 Å². The molecule has 8 heteroatoms. The predicted molar refractivity (Wildman–Crippen MR) is 112 cm³/mol. The summed E-state index contributed by atoms with van der Waals surface area (Å²) in [6, 6.07) is 14.4. The van der Waals surface area contributed by atoms with Crippen LogP contribution in [0.4, 0.5) is 4.79 Å². The van der Waals surface area contributed by atoms with Crippen molar-refractivity contribution < 1.29 is 18.8 Å². The van der Waals surface area contributed by atoms with Crippen LogP contribution in [0.2, 0.25) is 0 Å². The first-order chi connectivity index (χ1) is 15.1. The molecule has 3 heterocycles. The lowest BCUT2D eigenvalue weighted by Crippen LogP contribution is -2.39. The molecule has 0 bridgehead atoms. The van der Waals surface area contributed by atoms with Gasteiger partial charge in [0.2, 0.25) is 5.91 Å². The van der Waals surface area contributed by atoms with Gasteiger partial charge in [0, 0.05) is 24.6 Å². The van der Waals surface area contributed by atoms with Crippen LogP contribution in [0.15, 0.2) is 52.9 Å². The highest BCUT2D eigenvalue weighted by Gasteiger charge is 2.31. The Kier molecular flexibility index (Phi) is 4.89. The Morgan fingerprint density at radius 1 is 1.06 bits per heavy atom. The van der Waals surface area contributed by atoms with Gasteiger partial charge in [-0.3, -0.25) is 14.5 Å². The molecule has 2 aliphatic rings. The highest BCUT2D eigenvalue weighted by atomic mass is 16.3. The predicted octanol–water partition coefficient (Wildman–Crippen LogP) is 2.90. The first kappa shape index (κ1) is 19.3. The molecule has 158 valence electrons. The molecule has 2 fully saturated rings. The number of benzene rings is 2. The first-order valence-corrected chi connectivity index (χ1v) is 10.4. The van der Waals surface area contributed by atoms with Crippen molar-refractivity contribution in [1.82, 2.24) is 20.1 Å². The van der Waals surface area contributed by atoms with Crippen LogP contribution in [-0.4, -0.2) is 52.3 Å². The second kappa shape index (κ2) is 7.86. The molecule has 1 aromatic heterocycles. The second-order valence-electron chi connectivity index (χ2n) is 7.88. The fraction of sp³-hybridized carbons (Fsp3) is 0.304. The third-order valence-electron chi connectivity index (χ3n) is 5.96. The lowest BCUT2D eigenvalue weighted by molar-refractivity contribution is -0.125. The SMILES string of the molecule is O=C(c1ccccc1CN1C(=O)CNC1=O)N1CCC(c2nc3ccccc3o2)CC1. The number of piperidine rings is 1. The number of rotatable bonds is 4. The van der Waals surface area contributed by atoms with E-state index in [2.05, 4.69) is 10.3 Å². The Morgan fingerprint density at radius 2 is 1.81 bits per heavy atom. The van der Waals surface area contributed by atoms with Crippen molar-refractivity contribution in [2.75, 3.05) is 19.6 Å². The molecule has 4 amide bonds. The number of carbonyl (C=O) groups is 3. The Balaban J connectivity index is 1.28. The Morgan fingerprint density at radius 3 is 2.55 bits per heavy atom. The quantitative estimate of drug-likeness (QED) is 0.658.